The molecule has 118 valence electrons. The molecule has 7 heteroatoms. The molecule has 0 saturated heterocycles. The molecule has 0 fully saturated rings. The van der Waals surface area contributed by atoms with Gasteiger partial charge in [0.1, 0.15) is 6.54 Å². The molecule has 6 nitrogen and oxygen atoms in total. The van der Waals surface area contributed by atoms with Gasteiger partial charge < -0.3 is 5.32 Å². The van der Waals surface area contributed by atoms with Gasteiger partial charge in [0, 0.05) is 4.88 Å². The Morgan fingerprint density at radius 2 is 2.04 bits per heavy atom. The number of aromatic nitrogens is 2. The monoisotopic (exact) mass is 329 g/mol. The van der Waals surface area contributed by atoms with Gasteiger partial charge >= 0.3 is 5.69 Å². The molecular formula is C16H15N3O3S. The third-order valence-electron chi connectivity index (χ3n) is 3.55. The normalized spacial score (nSPS) is 12.2. The highest BCUT2D eigenvalue weighted by Gasteiger charge is 2.14. The number of nitrogens with zero attached hydrogens (tertiary/aromatic N) is 1. The van der Waals surface area contributed by atoms with Gasteiger partial charge in [-0.05, 0) is 30.5 Å². The van der Waals surface area contributed by atoms with Crippen LogP contribution < -0.4 is 16.6 Å². The van der Waals surface area contributed by atoms with Crippen molar-refractivity contribution in [2.75, 3.05) is 0 Å². The fourth-order valence-corrected chi connectivity index (χ4v) is 3.17. The van der Waals surface area contributed by atoms with Gasteiger partial charge in [-0.25, -0.2) is 4.79 Å². The van der Waals surface area contributed by atoms with Crippen molar-refractivity contribution in [1.29, 1.82) is 0 Å². The zero-order chi connectivity index (χ0) is 16.4. The number of hydrogen-bond donors (Lipinski definition) is 2. The minimum atomic E-state index is -0.590. The first kappa shape index (κ1) is 15.2. The summed E-state index contributed by atoms with van der Waals surface area (Å²) in [4.78, 5) is 39.4. The van der Waals surface area contributed by atoms with E-state index in [0.29, 0.717) is 10.9 Å². The lowest BCUT2D eigenvalue weighted by atomic mass is 10.2. The summed E-state index contributed by atoms with van der Waals surface area (Å²) in [6.45, 7) is 1.74. The molecule has 2 heterocycles. The van der Waals surface area contributed by atoms with Crippen LogP contribution in [0.25, 0.3) is 10.9 Å². The van der Waals surface area contributed by atoms with Gasteiger partial charge in [-0.3, -0.25) is 19.1 Å². The minimum Gasteiger partial charge on any atom is -0.347 e. The van der Waals surface area contributed by atoms with Gasteiger partial charge in [0.05, 0.1) is 16.9 Å². The maximum Gasteiger partial charge on any atom is 0.329 e. The van der Waals surface area contributed by atoms with Crippen molar-refractivity contribution in [2.24, 2.45) is 0 Å². The number of carbonyl (C=O) groups excluding carboxylic acids is 1. The van der Waals surface area contributed by atoms with E-state index in [-0.39, 0.29) is 18.5 Å². The van der Waals surface area contributed by atoms with Crippen LogP contribution in [0.3, 0.4) is 0 Å². The van der Waals surface area contributed by atoms with Crippen molar-refractivity contribution < 1.29 is 4.79 Å². The predicted octanol–water partition coefficient (Wildman–Crippen LogP) is 1.63. The summed E-state index contributed by atoms with van der Waals surface area (Å²) in [5.74, 6) is -0.287. The average molecular weight is 329 g/mol. The quantitative estimate of drug-likeness (QED) is 0.763. The van der Waals surface area contributed by atoms with Crippen LogP contribution in [0.4, 0.5) is 0 Å². The third-order valence-corrected chi connectivity index (χ3v) is 4.61. The van der Waals surface area contributed by atoms with Crippen LogP contribution >= 0.6 is 11.3 Å². The Bertz CT molecular complexity index is 957. The third kappa shape index (κ3) is 3.09. The zero-order valence-corrected chi connectivity index (χ0v) is 13.2. The number of carbonyl (C=O) groups is 1. The van der Waals surface area contributed by atoms with E-state index in [1.165, 1.54) is 4.57 Å². The first-order chi connectivity index (χ1) is 11.1. The molecule has 1 aromatic carbocycles. The molecule has 0 unspecified atom stereocenters. The number of hydrogen-bond acceptors (Lipinski definition) is 4. The highest BCUT2D eigenvalue weighted by molar-refractivity contribution is 7.10. The lowest BCUT2D eigenvalue weighted by Gasteiger charge is -2.14. The Kier molecular flexibility index (Phi) is 4.12. The van der Waals surface area contributed by atoms with E-state index < -0.39 is 11.2 Å². The molecule has 1 amide bonds. The molecule has 0 spiro atoms. The van der Waals surface area contributed by atoms with E-state index in [1.807, 2.05) is 24.4 Å². The van der Waals surface area contributed by atoms with Gasteiger partial charge in [-0.15, -0.1) is 11.3 Å². The smallest absolute Gasteiger partial charge is 0.329 e. The highest BCUT2D eigenvalue weighted by Crippen LogP contribution is 2.18. The summed E-state index contributed by atoms with van der Waals surface area (Å²) in [7, 11) is 0. The molecule has 23 heavy (non-hydrogen) atoms. The number of nitrogens with one attached hydrogen (secondary N) is 2. The van der Waals surface area contributed by atoms with E-state index in [1.54, 1.807) is 35.6 Å². The van der Waals surface area contributed by atoms with E-state index in [4.69, 9.17) is 0 Å². The summed E-state index contributed by atoms with van der Waals surface area (Å²) < 4.78 is 1.27. The van der Waals surface area contributed by atoms with Crippen LogP contribution in [0.2, 0.25) is 0 Å². The Morgan fingerprint density at radius 3 is 2.78 bits per heavy atom. The SMILES string of the molecule is C[C@@H](NC(=O)Cn1c(=O)[nH]c(=O)c2ccccc21)c1cccs1. The topological polar surface area (TPSA) is 84.0 Å². The first-order valence-electron chi connectivity index (χ1n) is 7.11. The molecule has 0 radical (unpaired) electrons. The van der Waals surface area contributed by atoms with Crippen molar-refractivity contribution in [3.05, 3.63) is 67.5 Å². The molecular weight excluding hydrogens is 314 g/mol. The van der Waals surface area contributed by atoms with Crippen molar-refractivity contribution in [1.82, 2.24) is 14.9 Å². The van der Waals surface area contributed by atoms with Gasteiger partial charge in [0.25, 0.3) is 5.56 Å². The van der Waals surface area contributed by atoms with Gasteiger partial charge in [-0.1, -0.05) is 18.2 Å². The summed E-state index contributed by atoms with van der Waals surface area (Å²) in [6.07, 6.45) is 0. The van der Waals surface area contributed by atoms with Crippen LogP contribution in [-0.4, -0.2) is 15.5 Å². The molecule has 0 saturated carbocycles. The fourth-order valence-electron chi connectivity index (χ4n) is 2.44. The number of thiophene rings is 1. The number of para-hydroxylation sites is 1. The molecule has 1 atom stereocenters. The highest BCUT2D eigenvalue weighted by atomic mass is 32.1. The fraction of sp³-hybridized carbons (Fsp3) is 0.188. The largest absolute Gasteiger partial charge is 0.347 e. The lowest BCUT2D eigenvalue weighted by molar-refractivity contribution is -0.122. The molecule has 0 aliphatic carbocycles. The van der Waals surface area contributed by atoms with Gasteiger partial charge in [0.15, 0.2) is 0 Å². The van der Waals surface area contributed by atoms with E-state index in [2.05, 4.69) is 10.3 Å². The van der Waals surface area contributed by atoms with Gasteiger partial charge in [0.2, 0.25) is 5.91 Å². The molecule has 0 bridgehead atoms. The summed E-state index contributed by atoms with van der Waals surface area (Å²) in [5.41, 5.74) is -0.595. The summed E-state index contributed by atoms with van der Waals surface area (Å²) in [6, 6.07) is 10.4. The predicted molar refractivity (Wildman–Crippen MR) is 89.7 cm³/mol. The molecule has 2 aromatic heterocycles. The number of fused-ring (bicyclic) bond motifs is 1. The maximum absolute atomic E-state index is 12.2. The van der Waals surface area contributed by atoms with E-state index in [0.717, 1.165) is 4.88 Å². The number of rotatable bonds is 4. The second-order valence-electron chi connectivity index (χ2n) is 5.17. The van der Waals surface area contributed by atoms with E-state index in [9.17, 15) is 14.4 Å². The number of aromatic amines is 1. The van der Waals surface area contributed by atoms with Crippen LogP contribution in [0.5, 0.6) is 0 Å². The standard InChI is InChI=1S/C16H15N3O3S/c1-10(13-7-4-8-23-13)17-14(20)9-19-12-6-3-2-5-11(12)15(21)18-16(19)22/h2-8,10H,9H2,1H3,(H,17,20)(H,18,21,22)/t10-/m1/s1. The molecule has 3 rings (SSSR count). The second kappa shape index (κ2) is 6.21. The molecule has 0 aliphatic rings. The molecule has 2 N–H and O–H groups in total. The summed E-state index contributed by atoms with van der Waals surface area (Å²) >= 11 is 1.56. The Morgan fingerprint density at radius 1 is 1.26 bits per heavy atom. The molecule has 0 aliphatic heterocycles. The first-order valence-corrected chi connectivity index (χ1v) is 7.99. The van der Waals surface area contributed by atoms with Crippen LogP contribution in [-0.2, 0) is 11.3 Å². The van der Waals surface area contributed by atoms with Crippen LogP contribution in [0, 0.1) is 0 Å². The minimum absolute atomic E-state index is 0.132. The Balaban J connectivity index is 1.88. The number of amides is 1. The Labute approximate surface area is 135 Å². The van der Waals surface area contributed by atoms with Crippen molar-refractivity contribution in [2.45, 2.75) is 19.5 Å². The van der Waals surface area contributed by atoms with E-state index >= 15 is 0 Å². The van der Waals surface area contributed by atoms with Crippen molar-refractivity contribution in [3.8, 4) is 0 Å². The average Bonchev–Trinajstić information content (AvgIpc) is 3.06. The van der Waals surface area contributed by atoms with Crippen molar-refractivity contribution in [3.63, 3.8) is 0 Å². The number of H-pyrrole nitrogens is 1. The maximum atomic E-state index is 12.2. The van der Waals surface area contributed by atoms with Crippen LogP contribution in [0.1, 0.15) is 17.8 Å². The zero-order valence-electron chi connectivity index (χ0n) is 12.4. The second-order valence-corrected chi connectivity index (χ2v) is 6.15. The van der Waals surface area contributed by atoms with Crippen LogP contribution in [0.15, 0.2) is 51.4 Å². The Hall–Kier alpha value is -2.67. The van der Waals surface area contributed by atoms with Gasteiger partial charge in [-0.2, -0.15) is 0 Å². The lowest BCUT2D eigenvalue weighted by Crippen LogP contribution is -2.37. The van der Waals surface area contributed by atoms with Crippen molar-refractivity contribution >= 4 is 28.1 Å². The summed E-state index contributed by atoms with van der Waals surface area (Å²) in [5, 5.41) is 5.18. The number of benzene rings is 1. The molecule has 3 aromatic rings.